The van der Waals surface area contributed by atoms with E-state index in [1.54, 1.807) is 0 Å². The van der Waals surface area contributed by atoms with Crippen molar-refractivity contribution in [3.8, 4) is 0 Å². The second-order valence-electron chi connectivity index (χ2n) is 7.74. The standard InChI is InChI=1S/C17H26O12/c1-16(24)3-8(19)17(25)6(13(23)26-2)5-27-15(12(16)17)29-14-11(22)10(21)9(20)7(4-18)28-14/h5,7-12,14-15,18-22,24-25H,3-4H2,1-2H3/t7-,8-,9-,10+,11-,12-,14+,15-,16+,17-/m1/s1. The SMILES string of the molecule is COC(=O)C1=CO[C@H](O[C@@H]2O[C@H](CO)[C@@H](O)[C@H](O)[C@H]2O)[C@H]2[C@]1(O)[C@H](O)C[C@]2(C)O. The highest BCUT2D eigenvalue weighted by Gasteiger charge is 2.68. The van der Waals surface area contributed by atoms with Gasteiger partial charge >= 0.3 is 5.97 Å². The van der Waals surface area contributed by atoms with Crippen LogP contribution in [0, 0.1) is 5.92 Å². The van der Waals surface area contributed by atoms with E-state index < -0.39 is 78.4 Å². The van der Waals surface area contributed by atoms with Crippen LogP contribution in [0.2, 0.25) is 0 Å². The van der Waals surface area contributed by atoms with Gasteiger partial charge in [-0.3, -0.25) is 0 Å². The molecule has 0 spiro atoms. The highest BCUT2D eigenvalue weighted by molar-refractivity contribution is 5.91. The van der Waals surface area contributed by atoms with E-state index in [0.29, 0.717) is 0 Å². The molecule has 10 atom stereocenters. The Kier molecular flexibility index (Phi) is 5.95. The molecule has 0 radical (unpaired) electrons. The molecule has 29 heavy (non-hydrogen) atoms. The van der Waals surface area contributed by atoms with Gasteiger partial charge in [0.2, 0.25) is 6.29 Å². The molecule has 2 aliphatic heterocycles. The van der Waals surface area contributed by atoms with E-state index in [1.807, 2.05) is 0 Å². The van der Waals surface area contributed by atoms with Crippen LogP contribution < -0.4 is 0 Å². The summed E-state index contributed by atoms with van der Waals surface area (Å²) in [5, 5.41) is 71.5. The minimum Gasteiger partial charge on any atom is -0.471 e. The van der Waals surface area contributed by atoms with Crippen LogP contribution in [0.4, 0.5) is 0 Å². The van der Waals surface area contributed by atoms with E-state index in [1.165, 1.54) is 6.92 Å². The highest BCUT2D eigenvalue weighted by atomic mass is 16.8. The molecule has 12 heteroatoms. The quantitative estimate of drug-likeness (QED) is 0.218. The van der Waals surface area contributed by atoms with Gasteiger partial charge in [0.15, 0.2) is 6.29 Å². The molecule has 0 aromatic heterocycles. The van der Waals surface area contributed by atoms with Crippen molar-refractivity contribution in [1.82, 2.24) is 0 Å². The van der Waals surface area contributed by atoms with Gasteiger partial charge in [-0.2, -0.15) is 0 Å². The minimum absolute atomic E-state index is 0.333. The van der Waals surface area contributed by atoms with E-state index >= 15 is 0 Å². The molecule has 0 amide bonds. The first kappa shape index (κ1) is 22.3. The van der Waals surface area contributed by atoms with Crippen LogP contribution in [0.5, 0.6) is 0 Å². The summed E-state index contributed by atoms with van der Waals surface area (Å²) in [5.41, 5.74) is -4.50. The molecule has 0 aromatic rings. The van der Waals surface area contributed by atoms with Gasteiger partial charge in [0.05, 0.1) is 31.3 Å². The molecule has 0 bridgehead atoms. The van der Waals surface area contributed by atoms with E-state index in [-0.39, 0.29) is 6.42 Å². The number of esters is 1. The number of aliphatic hydroxyl groups excluding tert-OH is 5. The Balaban J connectivity index is 1.92. The normalized spacial score (nSPS) is 49.8. The predicted molar refractivity (Wildman–Crippen MR) is 89.5 cm³/mol. The average molecular weight is 422 g/mol. The van der Waals surface area contributed by atoms with Crippen molar-refractivity contribution in [1.29, 1.82) is 0 Å². The number of carbonyl (C=O) groups is 1. The monoisotopic (exact) mass is 422 g/mol. The summed E-state index contributed by atoms with van der Waals surface area (Å²) in [4.78, 5) is 12.1. The van der Waals surface area contributed by atoms with E-state index in [9.17, 15) is 40.5 Å². The Bertz CT molecular complexity index is 663. The van der Waals surface area contributed by atoms with Gasteiger partial charge in [0, 0.05) is 6.42 Å². The number of hydrogen-bond acceptors (Lipinski definition) is 12. The Morgan fingerprint density at radius 2 is 1.83 bits per heavy atom. The largest absolute Gasteiger partial charge is 0.471 e. The molecule has 166 valence electrons. The fourth-order valence-electron chi connectivity index (χ4n) is 4.26. The van der Waals surface area contributed by atoms with E-state index in [4.69, 9.17) is 14.2 Å². The fraction of sp³-hybridized carbons (Fsp3) is 0.824. The third-order valence-corrected chi connectivity index (χ3v) is 5.80. The van der Waals surface area contributed by atoms with Gasteiger partial charge in [0.25, 0.3) is 0 Å². The van der Waals surface area contributed by atoms with E-state index in [0.717, 1.165) is 13.4 Å². The second kappa shape index (κ2) is 7.72. The Morgan fingerprint density at radius 3 is 2.41 bits per heavy atom. The Hall–Kier alpha value is -1.35. The maximum absolute atomic E-state index is 12.1. The van der Waals surface area contributed by atoms with Crippen molar-refractivity contribution in [2.24, 2.45) is 5.92 Å². The average Bonchev–Trinajstić information content (AvgIpc) is 2.86. The van der Waals surface area contributed by atoms with Gasteiger partial charge in [-0.15, -0.1) is 0 Å². The third-order valence-electron chi connectivity index (χ3n) is 5.80. The summed E-state index contributed by atoms with van der Waals surface area (Å²) in [7, 11) is 1.07. The van der Waals surface area contributed by atoms with Gasteiger partial charge in [-0.25, -0.2) is 4.79 Å². The number of fused-ring (bicyclic) bond motifs is 1. The van der Waals surface area contributed by atoms with Crippen LogP contribution in [0.25, 0.3) is 0 Å². The molecule has 1 saturated heterocycles. The van der Waals surface area contributed by atoms with Crippen LogP contribution in [0.1, 0.15) is 13.3 Å². The first-order valence-corrected chi connectivity index (χ1v) is 9.02. The van der Waals surface area contributed by atoms with Crippen LogP contribution >= 0.6 is 0 Å². The number of aliphatic hydroxyl groups is 7. The van der Waals surface area contributed by atoms with Crippen molar-refractivity contribution in [3.63, 3.8) is 0 Å². The molecule has 1 aliphatic carbocycles. The summed E-state index contributed by atoms with van der Waals surface area (Å²) < 4.78 is 20.7. The topological polar surface area (TPSA) is 196 Å². The lowest BCUT2D eigenvalue weighted by Crippen LogP contribution is -2.63. The molecule has 2 fully saturated rings. The number of carbonyl (C=O) groups excluding carboxylic acids is 1. The fourth-order valence-corrected chi connectivity index (χ4v) is 4.26. The number of methoxy groups -OCH3 is 1. The van der Waals surface area contributed by atoms with Crippen LogP contribution in [0.15, 0.2) is 11.8 Å². The zero-order chi connectivity index (χ0) is 21.7. The Morgan fingerprint density at radius 1 is 1.17 bits per heavy atom. The number of hydrogen-bond donors (Lipinski definition) is 7. The van der Waals surface area contributed by atoms with Crippen molar-refractivity contribution >= 4 is 5.97 Å². The Labute approximate surface area is 165 Å². The lowest BCUT2D eigenvalue weighted by molar-refractivity contribution is -0.352. The second-order valence-corrected chi connectivity index (χ2v) is 7.74. The molecule has 1 saturated carbocycles. The summed E-state index contributed by atoms with van der Waals surface area (Å²) in [5.74, 6) is -2.41. The number of rotatable bonds is 4. The third kappa shape index (κ3) is 3.44. The van der Waals surface area contributed by atoms with Crippen LogP contribution in [0.3, 0.4) is 0 Å². The van der Waals surface area contributed by atoms with E-state index in [2.05, 4.69) is 4.74 Å². The molecule has 7 N–H and O–H groups in total. The van der Waals surface area contributed by atoms with Crippen molar-refractivity contribution < 1.29 is 59.5 Å². The van der Waals surface area contributed by atoms with Crippen LogP contribution in [-0.4, -0.2) is 110 Å². The van der Waals surface area contributed by atoms with Crippen LogP contribution in [-0.2, 0) is 23.7 Å². The molecule has 2 heterocycles. The zero-order valence-electron chi connectivity index (χ0n) is 15.8. The smallest absolute Gasteiger partial charge is 0.339 e. The highest BCUT2D eigenvalue weighted by Crippen LogP contribution is 2.52. The molecular weight excluding hydrogens is 396 g/mol. The zero-order valence-corrected chi connectivity index (χ0v) is 15.8. The molecule has 0 aromatic carbocycles. The molecular formula is C17H26O12. The molecule has 12 nitrogen and oxygen atoms in total. The predicted octanol–water partition coefficient (Wildman–Crippen LogP) is -3.92. The number of ether oxygens (including phenoxy) is 4. The van der Waals surface area contributed by atoms with Crippen molar-refractivity contribution in [2.75, 3.05) is 13.7 Å². The molecule has 3 aliphatic rings. The maximum Gasteiger partial charge on any atom is 0.339 e. The summed E-state index contributed by atoms with van der Waals surface area (Å²) in [6.45, 7) is 0.610. The van der Waals surface area contributed by atoms with Gasteiger partial charge < -0.3 is 54.7 Å². The van der Waals surface area contributed by atoms with Gasteiger partial charge in [-0.05, 0) is 6.92 Å². The molecule has 3 rings (SSSR count). The minimum atomic E-state index is -2.30. The first-order chi connectivity index (χ1) is 13.5. The molecule has 0 unspecified atom stereocenters. The summed E-state index contributed by atoms with van der Waals surface area (Å²) in [6.07, 6.45) is -10.6. The summed E-state index contributed by atoms with van der Waals surface area (Å²) in [6, 6.07) is 0. The lowest BCUT2D eigenvalue weighted by Gasteiger charge is -2.46. The van der Waals surface area contributed by atoms with Crippen molar-refractivity contribution in [2.45, 2.75) is 67.6 Å². The summed E-state index contributed by atoms with van der Waals surface area (Å²) >= 11 is 0. The lowest BCUT2D eigenvalue weighted by atomic mass is 9.76. The maximum atomic E-state index is 12.1. The van der Waals surface area contributed by atoms with Gasteiger partial charge in [0.1, 0.15) is 41.9 Å². The van der Waals surface area contributed by atoms with Gasteiger partial charge in [-0.1, -0.05) is 0 Å². The first-order valence-electron chi connectivity index (χ1n) is 9.02. The van der Waals surface area contributed by atoms with Crippen molar-refractivity contribution in [3.05, 3.63) is 11.8 Å².